The van der Waals surface area contributed by atoms with Gasteiger partial charge in [-0.05, 0) is 56.3 Å². The molecule has 2 aromatic rings. The average Bonchev–Trinajstić information content (AvgIpc) is 2.64. The number of nitrogens with zero attached hydrogens (tertiary/aromatic N) is 1. The van der Waals surface area contributed by atoms with Gasteiger partial charge in [-0.3, -0.25) is 4.79 Å². The third-order valence-electron chi connectivity index (χ3n) is 4.29. The minimum Gasteiger partial charge on any atom is -0.478 e. The van der Waals surface area contributed by atoms with Crippen LogP contribution in [0.1, 0.15) is 13.8 Å². The van der Waals surface area contributed by atoms with Gasteiger partial charge in [0.25, 0.3) is 5.91 Å². The molecule has 1 amide bonds. The fraction of sp³-hybridized carbons (Fsp3) is 0.350. The molecule has 1 N–H and O–H groups in total. The topological polar surface area (TPSA) is 50.8 Å². The molecule has 3 rings (SSSR count). The third kappa shape index (κ3) is 5.06. The summed E-state index contributed by atoms with van der Waals surface area (Å²) in [6.45, 7) is 6.26. The van der Waals surface area contributed by atoms with Crippen LogP contribution in [0.2, 0.25) is 10.0 Å². The first-order valence-corrected chi connectivity index (χ1v) is 9.49. The maximum atomic E-state index is 12.9. The number of rotatable bonds is 5. The zero-order chi connectivity index (χ0) is 19.4. The SMILES string of the molecule is CC(C)(Oc1ccc(Cl)cc1)C(=O)Nc1cc(Cl)ccc1N1CCOCC1. The molecule has 0 radical (unpaired) electrons. The van der Waals surface area contributed by atoms with Crippen LogP contribution in [0.4, 0.5) is 11.4 Å². The minimum atomic E-state index is -1.08. The first-order valence-electron chi connectivity index (χ1n) is 8.73. The summed E-state index contributed by atoms with van der Waals surface area (Å²) in [5.74, 6) is 0.299. The van der Waals surface area contributed by atoms with Crippen LogP contribution >= 0.6 is 23.2 Å². The number of morpholine rings is 1. The minimum absolute atomic E-state index is 0.269. The lowest BCUT2D eigenvalue weighted by Crippen LogP contribution is -2.43. The van der Waals surface area contributed by atoms with Crippen molar-refractivity contribution in [2.75, 3.05) is 36.5 Å². The molecule has 1 fully saturated rings. The van der Waals surface area contributed by atoms with Gasteiger partial charge in [-0.1, -0.05) is 23.2 Å². The summed E-state index contributed by atoms with van der Waals surface area (Å²) in [7, 11) is 0. The highest BCUT2D eigenvalue weighted by atomic mass is 35.5. The second kappa shape index (κ2) is 8.38. The molecule has 5 nitrogen and oxygen atoms in total. The summed E-state index contributed by atoms with van der Waals surface area (Å²) in [6, 6.07) is 12.4. The summed E-state index contributed by atoms with van der Waals surface area (Å²) in [4.78, 5) is 15.1. The first-order chi connectivity index (χ1) is 12.8. The molecule has 0 unspecified atom stereocenters. The van der Waals surface area contributed by atoms with E-state index in [9.17, 15) is 4.79 Å². The Morgan fingerprint density at radius 1 is 1.07 bits per heavy atom. The highest BCUT2D eigenvalue weighted by Crippen LogP contribution is 2.31. The number of hydrogen-bond donors (Lipinski definition) is 1. The maximum Gasteiger partial charge on any atom is 0.268 e. The molecule has 7 heteroatoms. The zero-order valence-electron chi connectivity index (χ0n) is 15.3. The van der Waals surface area contributed by atoms with E-state index in [1.54, 1.807) is 44.2 Å². The van der Waals surface area contributed by atoms with Crippen molar-refractivity contribution in [3.05, 3.63) is 52.5 Å². The molecule has 1 aliphatic rings. The number of hydrogen-bond acceptors (Lipinski definition) is 4. The van der Waals surface area contributed by atoms with Crippen molar-refractivity contribution >= 4 is 40.5 Å². The summed E-state index contributed by atoms with van der Waals surface area (Å²) < 4.78 is 11.3. The van der Waals surface area contributed by atoms with Gasteiger partial charge in [0.15, 0.2) is 5.60 Å². The van der Waals surface area contributed by atoms with Crippen molar-refractivity contribution in [1.29, 1.82) is 0 Å². The molecule has 1 saturated heterocycles. The molecule has 0 bridgehead atoms. The molecule has 0 aromatic heterocycles. The van der Waals surface area contributed by atoms with Crippen molar-refractivity contribution in [3.63, 3.8) is 0 Å². The summed E-state index contributed by atoms with van der Waals surface area (Å²) >= 11 is 12.1. The Labute approximate surface area is 169 Å². The highest BCUT2D eigenvalue weighted by Gasteiger charge is 2.31. The number of anilines is 2. The maximum absolute atomic E-state index is 12.9. The molecule has 1 aliphatic heterocycles. The Bertz CT molecular complexity index is 803. The van der Waals surface area contributed by atoms with Crippen LogP contribution < -0.4 is 15.0 Å². The van der Waals surface area contributed by atoms with Crippen LogP contribution in [0.3, 0.4) is 0 Å². The van der Waals surface area contributed by atoms with E-state index in [2.05, 4.69) is 10.2 Å². The third-order valence-corrected chi connectivity index (χ3v) is 4.78. The summed E-state index contributed by atoms with van der Waals surface area (Å²) in [5, 5.41) is 4.13. The standard InChI is InChI=1S/C20H22Cl2N2O3/c1-20(2,27-16-6-3-14(21)4-7-16)19(25)23-17-13-15(22)5-8-18(17)24-9-11-26-12-10-24/h3-8,13H,9-12H2,1-2H3,(H,23,25). The number of nitrogens with one attached hydrogen (secondary N) is 1. The van der Waals surface area contributed by atoms with Gasteiger partial charge in [-0.15, -0.1) is 0 Å². The second-order valence-corrected chi connectivity index (χ2v) is 7.65. The van der Waals surface area contributed by atoms with E-state index in [0.29, 0.717) is 34.7 Å². The van der Waals surface area contributed by atoms with Crippen molar-refractivity contribution < 1.29 is 14.3 Å². The number of carbonyl (C=O) groups excluding carboxylic acids is 1. The van der Waals surface area contributed by atoms with E-state index >= 15 is 0 Å². The average molecular weight is 409 g/mol. The number of ether oxygens (including phenoxy) is 2. The zero-order valence-corrected chi connectivity index (χ0v) is 16.8. The number of amides is 1. The van der Waals surface area contributed by atoms with E-state index in [-0.39, 0.29) is 5.91 Å². The van der Waals surface area contributed by atoms with Crippen LogP contribution in [0.15, 0.2) is 42.5 Å². The quantitative estimate of drug-likeness (QED) is 0.783. The Hall–Kier alpha value is -1.95. The van der Waals surface area contributed by atoms with Gasteiger partial charge < -0.3 is 19.7 Å². The van der Waals surface area contributed by atoms with E-state index in [0.717, 1.165) is 18.8 Å². The lowest BCUT2D eigenvalue weighted by Gasteiger charge is -2.31. The molecule has 0 aliphatic carbocycles. The van der Waals surface area contributed by atoms with Crippen LogP contribution in [-0.2, 0) is 9.53 Å². The predicted molar refractivity (Wildman–Crippen MR) is 109 cm³/mol. The lowest BCUT2D eigenvalue weighted by molar-refractivity contribution is -0.128. The summed E-state index contributed by atoms with van der Waals surface area (Å²) in [6.07, 6.45) is 0. The fourth-order valence-electron chi connectivity index (χ4n) is 2.80. The van der Waals surface area contributed by atoms with Crippen molar-refractivity contribution in [2.45, 2.75) is 19.4 Å². The Kier molecular flexibility index (Phi) is 6.15. The largest absolute Gasteiger partial charge is 0.478 e. The van der Waals surface area contributed by atoms with Crippen LogP contribution in [0.5, 0.6) is 5.75 Å². The molecular weight excluding hydrogens is 387 g/mol. The first kappa shape index (κ1) is 19.8. The van der Waals surface area contributed by atoms with E-state index in [1.165, 1.54) is 0 Å². The molecule has 0 spiro atoms. The smallest absolute Gasteiger partial charge is 0.268 e. The number of halogens is 2. The Morgan fingerprint density at radius 3 is 2.37 bits per heavy atom. The van der Waals surface area contributed by atoms with Gasteiger partial charge in [0.05, 0.1) is 24.6 Å². The van der Waals surface area contributed by atoms with Gasteiger partial charge >= 0.3 is 0 Å². The fourth-order valence-corrected chi connectivity index (χ4v) is 3.10. The van der Waals surface area contributed by atoms with Crippen LogP contribution in [0.25, 0.3) is 0 Å². The molecule has 27 heavy (non-hydrogen) atoms. The monoisotopic (exact) mass is 408 g/mol. The van der Waals surface area contributed by atoms with Gasteiger partial charge in [-0.25, -0.2) is 0 Å². The molecule has 1 heterocycles. The molecule has 2 aromatic carbocycles. The Balaban J connectivity index is 1.77. The van der Waals surface area contributed by atoms with E-state index in [4.69, 9.17) is 32.7 Å². The number of carbonyl (C=O) groups is 1. The van der Waals surface area contributed by atoms with E-state index < -0.39 is 5.60 Å². The lowest BCUT2D eigenvalue weighted by atomic mass is 10.1. The van der Waals surface area contributed by atoms with Crippen LogP contribution in [-0.4, -0.2) is 37.8 Å². The molecule has 144 valence electrons. The molecule has 0 atom stereocenters. The van der Waals surface area contributed by atoms with Crippen molar-refractivity contribution in [1.82, 2.24) is 0 Å². The molecule has 0 saturated carbocycles. The summed E-state index contributed by atoms with van der Waals surface area (Å²) in [5.41, 5.74) is 0.485. The normalized spacial score (nSPS) is 14.7. The number of benzene rings is 2. The van der Waals surface area contributed by atoms with Crippen molar-refractivity contribution in [2.24, 2.45) is 0 Å². The highest BCUT2D eigenvalue weighted by molar-refractivity contribution is 6.31. The Morgan fingerprint density at radius 2 is 1.70 bits per heavy atom. The van der Waals surface area contributed by atoms with E-state index in [1.807, 2.05) is 12.1 Å². The van der Waals surface area contributed by atoms with Crippen LogP contribution in [0, 0.1) is 0 Å². The van der Waals surface area contributed by atoms with Gasteiger partial charge in [0.1, 0.15) is 5.75 Å². The van der Waals surface area contributed by atoms with Gasteiger partial charge in [0.2, 0.25) is 0 Å². The van der Waals surface area contributed by atoms with Gasteiger partial charge in [-0.2, -0.15) is 0 Å². The molecular formula is C20H22Cl2N2O3. The second-order valence-electron chi connectivity index (χ2n) is 6.78. The van der Waals surface area contributed by atoms with Crippen molar-refractivity contribution in [3.8, 4) is 5.75 Å². The van der Waals surface area contributed by atoms with Gasteiger partial charge in [0, 0.05) is 23.1 Å². The predicted octanol–water partition coefficient (Wildman–Crippen LogP) is 4.63.